The Balaban J connectivity index is 1.96. The minimum absolute atomic E-state index is 0.227. The quantitative estimate of drug-likeness (QED) is 0.835. The zero-order valence-corrected chi connectivity index (χ0v) is 10.2. The van der Waals surface area contributed by atoms with Crippen molar-refractivity contribution in [1.82, 2.24) is 15.3 Å². The molecule has 1 aromatic rings. The van der Waals surface area contributed by atoms with E-state index in [2.05, 4.69) is 20.0 Å². The minimum Gasteiger partial charge on any atom is -0.367 e. The van der Waals surface area contributed by atoms with E-state index in [0.717, 1.165) is 17.0 Å². The Bertz CT molecular complexity index is 467. The average molecular weight is 279 g/mol. The molecule has 2 rings (SSSR count). The number of nitrogens with one attached hydrogen (secondary N) is 1. The Kier molecular flexibility index (Phi) is 4.00. The van der Waals surface area contributed by atoms with E-state index in [1.165, 1.54) is 0 Å². The van der Waals surface area contributed by atoms with E-state index in [0.29, 0.717) is 13.1 Å². The highest BCUT2D eigenvalue weighted by atomic mass is 19.3. The van der Waals surface area contributed by atoms with Crippen LogP contribution in [-0.2, 0) is 24.4 Å². The van der Waals surface area contributed by atoms with Gasteiger partial charge in [-0.15, -0.1) is 0 Å². The van der Waals surface area contributed by atoms with Crippen molar-refractivity contribution in [3.8, 4) is 0 Å². The fourth-order valence-electron chi connectivity index (χ4n) is 1.81. The van der Waals surface area contributed by atoms with Crippen LogP contribution < -0.4 is 5.32 Å². The van der Waals surface area contributed by atoms with Crippen molar-refractivity contribution in [1.29, 1.82) is 0 Å². The molecule has 2 heterocycles. The van der Waals surface area contributed by atoms with Crippen molar-refractivity contribution in [2.24, 2.45) is 0 Å². The van der Waals surface area contributed by atoms with Gasteiger partial charge in [-0.05, 0) is 6.92 Å². The summed E-state index contributed by atoms with van der Waals surface area (Å²) in [5.41, 5.74) is 2.53. The van der Waals surface area contributed by atoms with E-state index in [9.17, 15) is 17.6 Å². The topological polar surface area (TPSA) is 47.0 Å². The van der Waals surface area contributed by atoms with Gasteiger partial charge in [0.2, 0.25) is 0 Å². The molecule has 0 atom stereocenters. The molecule has 4 nitrogen and oxygen atoms in total. The van der Waals surface area contributed by atoms with Crippen LogP contribution in [0.15, 0.2) is 0 Å². The first-order valence-electron chi connectivity index (χ1n) is 5.70. The summed E-state index contributed by atoms with van der Waals surface area (Å²) in [6, 6.07) is 0. The van der Waals surface area contributed by atoms with Crippen LogP contribution in [0.5, 0.6) is 0 Å². The maximum atomic E-state index is 12.6. The predicted octanol–water partition coefficient (Wildman–Crippen LogP) is 1.81. The third-order valence-corrected chi connectivity index (χ3v) is 2.79. The van der Waals surface area contributed by atoms with E-state index < -0.39 is 19.0 Å². The summed E-state index contributed by atoms with van der Waals surface area (Å²) in [7, 11) is 0. The molecule has 0 spiro atoms. The van der Waals surface area contributed by atoms with Crippen molar-refractivity contribution in [3.63, 3.8) is 0 Å². The summed E-state index contributed by atoms with van der Waals surface area (Å²) < 4.78 is 53.7. The summed E-state index contributed by atoms with van der Waals surface area (Å²) in [4.78, 5) is 8.25. The Hall–Kier alpha value is -1.28. The van der Waals surface area contributed by atoms with Crippen molar-refractivity contribution < 1.29 is 22.3 Å². The van der Waals surface area contributed by atoms with Crippen LogP contribution in [0.25, 0.3) is 0 Å². The number of hydrogen-bond acceptors (Lipinski definition) is 4. The first-order valence-corrected chi connectivity index (χ1v) is 5.70. The molecule has 0 fully saturated rings. The molecule has 1 N–H and O–H groups in total. The van der Waals surface area contributed by atoms with Crippen LogP contribution in [0.3, 0.4) is 0 Å². The number of alkyl halides is 4. The van der Waals surface area contributed by atoms with Crippen LogP contribution in [-0.4, -0.2) is 28.9 Å². The van der Waals surface area contributed by atoms with Crippen LogP contribution in [0.1, 0.15) is 22.8 Å². The van der Waals surface area contributed by atoms with E-state index in [1.807, 2.05) is 0 Å². The van der Waals surface area contributed by atoms with E-state index in [1.54, 1.807) is 6.92 Å². The summed E-state index contributed by atoms with van der Waals surface area (Å²) in [5.74, 6) is -3.92. The fraction of sp³-hybridized carbons (Fsp3) is 0.636. The van der Waals surface area contributed by atoms with Gasteiger partial charge in [-0.3, -0.25) is 0 Å². The molecule has 8 heteroatoms. The van der Waals surface area contributed by atoms with Crippen LogP contribution >= 0.6 is 0 Å². The van der Waals surface area contributed by atoms with Gasteiger partial charge in [0.1, 0.15) is 13.2 Å². The number of nitrogens with zero attached hydrogens (tertiary/aromatic N) is 2. The van der Waals surface area contributed by atoms with Gasteiger partial charge in [0.05, 0.1) is 5.69 Å². The zero-order valence-electron chi connectivity index (χ0n) is 10.2. The van der Waals surface area contributed by atoms with Crippen molar-refractivity contribution >= 4 is 0 Å². The standard InChI is InChI=1S/C11H13F4N3O/c1-6-7-2-16-3-8(7)18-9(17-6)4-19-5-11(14,15)10(12)13/h10,16H,2-5H2,1H3. The molecule has 0 bridgehead atoms. The van der Waals surface area contributed by atoms with Crippen LogP contribution in [0.2, 0.25) is 0 Å². The van der Waals surface area contributed by atoms with E-state index in [-0.39, 0.29) is 12.4 Å². The molecule has 106 valence electrons. The molecular formula is C11H13F4N3O. The Morgan fingerprint density at radius 1 is 1.32 bits per heavy atom. The predicted molar refractivity (Wildman–Crippen MR) is 57.9 cm³/mol. The molecule has 0 saturated heterocycles. The fourth-order valence-corrected chi connectivity index (χ4v) is 1.81. The number of aryl methyl sites for hydroxylation is 1. The average Bonchev–Trinajstić information content (AvgIpc) is 2.77. The van der Waals surface area contributed by atoms with Gasteiger partial charge in [0.25, 0.3) is 0 Å². The Morgan fingerprint density at radius 2 is 2.05 bits per heavy atom. The monoisotopic (exact) mass is 279 g/mol. The molecule has 1 aliphatic rings. The lowest BCUT2D eigenvalue weighted by Crippen LogP contribution is -2.32. The van der Waals surface area contributed by atoms with Crippen molar-refractivity contribution in [2.45, 2.75) is 39.0 Å². The second-order valence-corrected chi connectivity index (χ2v) is 4.31. The number of hydrogen-bond donors (Lipinski definition) is 1. The smallest absolute Gasteiger partial charge is 0.330 e. The van der Waals surface area contributed by atoms with Gasteiger partial charge < -0.3 is 10.1 Å². The number of ether oxygens (including phenoxy) is 1. The second-order valence-electron chi connectivity index (χ2n) is 4.31. The second kappa shape index (κ2) is 5.38. The van der Waals surface area contributed by atoms with Crippen LogP contribution in [0.4, 0.5) is 17.6 Å². The lowest BCUT2D eigenvalue weighted by atomic mass is 10.2. The molecule has 1 aliphatic heterocycles. The van der Waals surface area contributed by atoms with Gasteiger partial charge >= 0.3 is 12.3 Å². The lowest BCUT2D eigenvalue weighted by molar-refractivity contribution is -0.168. The normalized spacial score (nSPS) is 15.1. The molecular weight excluding hydrogens is 266 g/mol. The van der Waals surface area contributed by atoms with Gasteiger partial charge in [-0.1, -0.05) is 0 Å². The molecule has 0 unspecified atom stereocenters. The number of rotatable bonds is 5. The molecule has 0 aromatic carbocycles. The summed E-state index contributed by atoms with van der Waals surface area (Å²) >= 11 is 0. The van der Waals surface area contributed by atoms with Gasteiger partial charge in [-0.2, -0.15) is 8.78 Å². The van der Waals surface area contributed by atoms with Crippen molar-refractivity contribution in [3.05, 3.63) is 22.8 Å². The summed E-state index contributed by atoms with van der Waals surface area (Å²) in [6.45, 7) is 1.38. The molecule has 19 heavy (non-hydrogen) atoms. The Morgan fingerprint density at radius 3 is 2.74 bits per heavy atom. The maximum absolute atomic E-state index is 12.6. The van der Waals surface area contributed by atoms with Gasteiger partial charge in [-0.25, -0.2) is 18.7 Å². The molecule has 0 amide bonds. The largest absolute Gasteiger partial charge is 0.367 e. The molecule has 0 radical (unpaired) electrons. The van der Waals surface area contributed by atoms with Gasteiger partial charge in [0, 0.05) is 24.3 Å². The lowest BCUT2D eigenvalue weighted by Gasteiger charge is -2.15. The number of halogens is 4. The highest BCUT2D eigenvalue weighted by molar-refractivity contribution is 5.28. The molecule has 0 aliphatic carbocycles. The van der Waals surface area contributed by atoms with Crippen molar-refractivity contribution in [2.75, 3.05) is 6.61 Å². The third-order valence-electron chi connectivity index (χ3n) is 2.79. The maximum Gasteiger partial charge on any atom is 0.330 e. The first kappa shape index (κ1) is 14.1. The summed E-state index contributed by atoms with van der Waals surface area (Å²) in [5, 5.41) is 3.09. The molecule has 1 aromatic heterocycles. The SMILES string of the molecule is Cc1nc(COCC(F)(F)C(F)F)nc2c1CNC2. The summed E-state index contributed by atoms with van der Waals surface area (Å²) in [6.07, 6.45) is -3.74. The first-order chi connectivity index (χ1) is 8.90. The zero-order chi connectivity index (χ0) is 14.0. The Labute approximate surface area is 107 Å². The van der Waals surface area contributed by atoms with Gasteiger partial charge in [0.15, 0.2) is 5.82 Å². The van der Waals surface area contributed by atoms with E-state index >= 15 is 0 Å². The minimum atomic E-state index is -4.15. The third kappa shape index (κ3) is 3.19. The number of aromatic nitrogens is 2. The highest BCUT2D eigenvalue weighted by Crippen LogP contribution is 2.23. The molecule has 0 saturated carbocycles. The number of fused-ring (bicyclic) bond motifs is 1. The van der Waals surface area contributed by atoms with E-state index in [4.69, 9.17) is 0 Å². The van der Waals surface area contributed by atoms with Crippen LogP contribution in [0, 0.1) is 6.92 Å². The highest BCUT2D eigenvalue weighted by Gasteiger charge is 2.41.